The van der Waals surface area contributed by atoms with Gasteiger partial charge in [-0.2, -0.15) is 0 Å². The van der Waals surface area contributed by atoms with Crippen LogP contribution in [0.1, 0.15) is 33.9 Å². The summed E-state index contributed by atoms with van der Waals surface area (Å²) in [6, 6.07) is 7.25. The van der Waals surface area contributed by atoms with E-state index in [1.54, 1.807) is 0 Å². The zero-order chi connectivity index (χ0) is 14.0. The number of halogens is 1. The Morgan fingerprint density at radius 1 is 1.16 bits per heavy atom. The Hall–Kier alpha value is -0.390. The van der Waals surface area contributed by atoms with Gasteiger partial charge in [-0.15, -0.1) is 11.3 Å². The van der Waals surface area contributed by atoms with Gasteiger partial charge in [-0.05, 0) is 90.5 Å². The Morgan fingerprint density at radius 3 is 2.26 bits per heavy atom. The summed E-state index contributed by atoms with van der Waals surface area (Å²) in [6.07, 6.45) is 1.06. The summed E-state index contributed by atoms with van der Waals surface area (Å²) in [5.74, 6) is 0. The molecule has 0 aliphatic carbocycles. The van der Waals surface area contributed by atoms with Gasteiger partial charge in [-0.25, -0.2) is 0 Å². The molecule has 1 heterocycles. The smallest absolute Gasteiger partial charge is 0.0656 e. The average molecular weight is 385 g/mol. The first-order valence-electron chi connectivity index (χ1n) is 6.49. The molecule has 0 saturated carbocycles. The molecule has 102 valence electrons. The topological polar surface area (TPSA) is 12.0 Å². The Kier molecular flexibility index (Phi) is 5.03. The van der Waals surface area contributed by atoms with Gasteiger partial charge in [0.25, 0.3) is 0 Å². The summed E-state index contributed by atoms with van der Waals surface area (Å²) in [6.45, 7) is 6.61. The number of likely N-dealkylation sites (N-methyl/N-ethyl adjacent to an activating group) is 1. The standard InChI is InChI=1S/C16H20INS/c1-10-5-11(2)14(12(3)6-10)8-15(18-4)13-7-16(17)19-9-13/h5-7,9,15,18H,8H2,1-4H3. The first kappa shape index (κ1) is 15.0. The number of nitrogens with one attached hydrogen (secondary N) is 1. The third kappa shape index (κ3) is 3.58. The molecule has 2 aromatic rings. The summed E-state index contributed by atoms with van der Waals surface area (Å²) in [7, 11) is 2.05. The highest BCUT2D eigenvalue weighted by molar-refractivity contribution is 14.1. The fraction of sp³-hybridized carbons (Fsp3) is 0.375. The van der Waals surface area contributed by atoms with Crippen molar-refractivity contribution in [3.63, 3.8) is 0 Å². The predicted octanol–water partition coefficient (Wildman–Crippen LogP) is 4.78. The number of thiophene rings is 1. The van der Waals surface area contributed by atoms with Crippen LogP contribution in [-0.4, -0.2) is 7.05 Å². The monoisotopic (exact) mass is 385 g/mol. The molecule has 1 aromatic carbocycles. The molecule has 0 aliphatic rings. The van der Waals surface area contributed by atoms with Gasteiger partial charge in [0.2, 0.25) is 0 Å². The second-order valence-electron chi connectivity index (χ2n) is 5.11. The quantitative estimate of drug-likeness (QED) is 0.747. The lowest BCUT2D eigenvalue weighted by Gasteiger charge is -2.19. The SMILES string of the molecule is CNC(Cc1c(C)cc(C)cc1C)c1csc(I)c1. The minimum atomic E-state index is 0.403. The summed E-state index contributed by atoms with van der Waals surface area (Å²) in [4.78, 5) is 0. The Bertz CT molecular complexity index is 551. The Labute approximate surface area is 133 Å². The third-order valence-electron chi connectivity index (χ3n) is 3.59. The molecule has 19 heavy (non-hydrogen) atoms. The molecule has 0 saturated heterocycles. The molecule has 0 radical (unpaired) electrons. The highest BCUT2D eigenvalue weighted by atomic mass is 127. The summed E-state index contributed by atoms with van der Waals surface area (Å²) in [5, 5.41) is 5.72. The van der Waals surface area contributed by atoms with Crippen LogP contribution in [0.3, 0.4) is 0 Å². The summed E-state index contributed by atoms with van der Waals surface area (Å²) in [5.41, 5.74) is 7.04. The third-order valence-corrected chi connectivity index (χ3v) is 5.39. The van der Waals surface area contributed by atoms with Crippen LogP contribution in [0.2, 0.25) is 0 Å². The second-order valence-corrected chi connectivity index (χ2v) is 7.91. The van der Waals surface area contributed by atoms with E-state index in [9.17, 15) is 0 Å². The molecule has 1 N–H and O–H groups in total. The van der Waals surface area contributed by atoms with Crippen LogP contribution in [0.4, 0.5) is 0 Å². The molecular formula is C16H20INS. The van der Waals surface area contributed by atoms with E-state index in [0.29, 0.717) is 6.04 Å². The molecule has 0 bridgehead atoms. The molecule has 1 unspecified atom stereocenters. The average Bonchev–Trinajstić information content (AvgIpc) is 2.75. The number of hydrogen-bond acceptors (Lipinski definition) is 2. The minimum absolute atomic E-state index is 0.403. The van der Waals surface area contributed by atoms with E-state index in [4.69, 9.17) is 0 Å². The van der Waals surface area contributed by atoms with E-state index in [-0.39, 0.29) is 0 Å². The molecule has 0 fully saturated rings. The van der Waals surface area contributed by atoms with Crippen LogP contribution in [0.5, 0.6) is 0 Å². The van der Waals surface area contributed by atoms with E-state index in [2.05, 4.69) is 72.3 Å². The van der Waals surface area contributed by atoms with E-state index in [0.717, 1.165) is 6.42 Å². The highest BCUT2D eigenvalue weighted by Gasteiger charge is 2.14. The molecule has 0 amide bonds. The molecule has 2 rings (SSSR count). The van der Waals surface area contributed by atoms with Gasteiger partial charge in [0, 0.05) is 6.04 Å². The molecule has 3 heteroatoms. The van der Waals surface area contributed by atoms with Crippen molar-refractivity contribution in [3.05, 3.63) is 54.3 Å². The van der Waals surface area contributed by atoms with Crippen molar-refractivity contribution in [2.24, 2.45) is 0 Å². The summed E-state index contributed by atoms with van der Waals surface area (Å²) < 4.78 is 1.35. The van der Waals surface area contributed by atoms with Crippen molar-refractivity contribution in [2.75, 3.05) is 7.05 Å². The van der Waals surface area contributed by atoms with Crippen molar-refractivity contribution in [3.8, 4) is 0 Å². The first-order valence-corrected chi connectivity index (χ1v) is 8.45. The maximum absolute atomic E-state index is 3.45. The van der Waals surface area contributed by atoms with Gasteiger partial charge in [0.05, 0.1) is 2.88 Å². The fourth-order valence-electron chi connectivity index (χ4n) is 2.63. The number of aryl methyl sites for hydroxylation is 3. The van der Waals surface area contributed by atoms with E-state index < -0.39 is 0 Å². The fourth-order valence-corrected chi connectivity index (χ4v) is 4.05. The summed E-state index contributed by atoms with van der Waals surface area (Å²) >= 11 is 4.21. The van der Waals surface area contributed by atoms with Gasteiger partial charge in [0.15, 0.2) is 0 Å². The molecule has 0 spiro atoms. The van der Waals surface area contributed by atoms with Crippen molar-refractivity contribution < 1.29 is 0 Å². The molecule has 1 aromatic heterocycles. The maximum Gasteiger partial charge on any atom is 0.0656 e. The largest absolute Gasteiger partial charge is 0.313 e. The van der Waals surface area contributed by atoms with E-state index in [1.807, 2.05) is 18.4 Å². The lowest BCUT2D eigenvalue weighted by molar-refractivity contribution is 0.591. The van der Waals surface area contributed by atoms with Crippen LogP contribution >= 0.6 is 33.9 Å². The Morgan fingerprint density at radius 2 is 1.79 bits per heavy atom. The second kappa shape index (κ2) is 6.37. The Balaban J connectivity index is 2.28. The van der Waals surface area contributed by atoms with Crippen LogP contribution in [0.25, 0.3) is 0 Å². The lowest BCUT2D eigenvalue weighted by Crippen LogP contribution is -2.19. The van der Waals surface area contributed by atoms with Crippen LogP contribution in [0, 0.1) is 23.7 Å². The molecule has 0 aliphatic heterocycles. The molecule has 1 atom stereocenters. The first-order chi connectivity index (χ1) is 9.01. The van der Waals surface area contributed by atoms with Crippen LogP contribution < -0.4 is 5.32 Å². The number of hydrogen-bond donors (Lipinski definition) is 1. The van der Waals surface area contributed by atoms with Crippen molar-refractivity contribution >= 4 is 33.9 Å². The number of rotatable bonds is 4. The van der Waals surface area contributed by atoms with Crippen molar-refractivity contribution in [1.29, 1.82) is 0 Å². The van der Waals surface area contributed by atoms with Crippen molar-refractivity contribution in [1.82, 2.24) is 5.32 Å². The van der Waals surface area contributed by atoms with Gasteiger partial charge in [-0.1, -0.05) is 17.7 Å². The lowest BCUT2D eigenvalue weighted by atomic mass is 9.92. The van der Waals surface area contributed by atoms with E-state index in [1.165, 1.54) is 30.7 Å². The number of benzene rings is 1. The highest BCUT2D eigenvalue weighted by Crippen LogP contribution is 2.27. The van der Waals surface area contributed by atoms with Crippen LogP contribution in [0.15, 0.2) is 23.6 Å². The normalized spacial score (nSPS) is 12.7. The van der Waals surface area contributed by atoms with Crippen molar-refractivity contribution in [2.45, 2.75) is 33.2 Å². The zero-order valence-electron chi connectivity index (χ0n) is 11.9. The van der Waals surface area contributed by atoms with Gasteiger partial charge in [0.1, 0.15) is 0 Å². The van der Waals surface area contributed by atoms with E-state index >= 15 is 0 Å². The predicted molar refractivity (Wildman–Crippen MR) is 93.2 cm³/mol. The molecule has 1 nitrogen and oxygen atoms in total. The van der Waals surface area contributed by atoms with Gasteiger partial charge < -0.3 is 5.32 Å². The zero-order valence-corrected chi connectivity index (χ0v) is 14.9. The maximum atomic E-state index is 3.45. The van der Waals surface area contributed by atoms with Gasteiger partial charge in [-0.3, -0.25) is 0 Å². The molecular weight excluding hydrogens is 365 g/mol. The van der Waals surface area contributed by atoms with Crippen LogP contribution in [-0.2, 0) is 6.42 Å². The van der Waals surface area contributed by atoms with Gasteiger partial charge >= 0.3 is 0 Å². The minimum Gasteiger partial charge on any atom is -0.313 e.